The highest BCUT2D eigenvalue weighted by Gasteiger charge is 2.30. The summed E-state index contributed by atoms with van der Waals surface area (Å²) in [6.45, 7) is 4.79. The van der Waals surface area contributed by atoms with Crippen molar-refractivity contribution in [2.75, 3.05) is 39.6 Å². The number of esters is 4. The number of aliphatic hydroxyl groups is 1. The molecule has 0 aromatic rings. The molecule has 78 heavy (non-hydrogen) atoms. The van der Waals surface area contributed by atoms with Crippen molar-refractivity contribution in [3.8, 4) is 0 Å². The molecule has 0 spiro atoms. The van der Waals surface area contributed by atoms with Crippen molar-refractivity contribution in [2.24, 2.45) is 0 Å². The van der Waals surface area contributed by atoms with Gasteiger partial charge in [-0.2, -0.15) is 0 Å². The van der Waals surface area contributed by atoms with Crippen molar-refractivity contribution in [1.29, 1.82) is 0 Å². The second-order valence-corrected chi connectivity index (χ2v) is 24.3. The zero-order valence-corrected chi connectivity index (χ0v) is 51.4. The summed E-state index contributed by atoms with van der Waals surface area (Å²) in [4.78, 5) is 71.8. The second kappa shape index (κ2) is 54.3. The first-order valence-corrected chi connectivity index (χ1v) is 34.3. The third-order valence-electron chi connectivity index (χ3n) is 13.6. The molecule has 0 aromatic heterocycles. The van der Waals surface area contributed by atoms with Gasteiger partial charge in [0.15, 0.2) is 12.2 Å². The first kappa shape index (κ1) is 76.1. The number of phosphoric acid groups is 2. The number of rotatable bonds is 60. The van der Waals surface area contributed by atoms with E-state index in [-0.39, 0.29) is 25.7 Å². The zero-order valence-electron chi connectivity index (χ0n) is 49.6. The molecule has 0 aliphatic rings. The summed E-state index contributed by atoms with van der Waals surface area (Å²) in [5.74, 6) is -2.14. The first-order chi connectivity index (χ1) is 37.7. The van der Waals surface area contributed by atoms with Crippen molar-refractivity contribution in [2.45, 2.75) is 316 Å². The average Bonchev–Trinajstić information content (AvgIpc) is 3.41. The van der Waals surface area contributed by atoms with Gasteiger partial charge in [0.05, 0.1) is 26.4 Å². The topological polar surface area (TPSA) is 237 Å². The summed E-state index contributed by atoms with van der Waals surface area (Å²) < 4.78 is 67.6. The van der Waals surface area contributed by atoms with Gasteiger partial charge < -0.3 is 33.8 Å². The molecule has 2 unspecified atom stereocenters. The molecule has 0 fully saturated rings. The highest BCUT2D eigenvalue weighted by molar-refractivity contribution is 7.47. The second-order valence-electron chi connectivity index (χ2n) is 21.4. The van der Waals surface area contributed by atoms with Crippen LogP contribution in [-0.2, 0) is 65.4 Å². The minimum absolute atomic E-state index is 0.106. The molecule has 0 amide bonds. The van der Waals surface area contributed by atoms with Gasteiger partial charge >= 0.3 is 39.5 Å². The maximum Gasteiger partial charge on any atom is 0.472 e. The number of ether oxygens (including phenoxy) is 4. The molecule has 0 radical (unpaired) electrons. The lowest BCUT2D eigenvalue weighted by atomic mass is 10.0. The van der Waals surface area contributed by atoms with Crippen molar-refractivity contribution in [3.63, 3.8) is 0 Å². The van der Waals surface area contributed by atoms with Crippen molar-refractivity contribution in [1.82, 2.24) is 0 Å². The Labute approximate surface area is 473 Å². The van der Waals surface area contributed by atoms with E-state index in [9.17, 15) is 43.2 Å². The van der Waals surface area contributed by atoms with Crippen LogP contribution in [-0.4, -0.2) is 96.7 Å². The summed E-state index contributed by atoms with van der Waals surface area (Å²) >= 11 is 0. The van der Waals surface area contributed by atoms with E-state index in [0.29, 0.717) is 25.7 Å². The summed E-state index contributed by atoms with van der Waals surface area (Å²) in [5.41, 5.74) is 0. The van der Waals surface area contributed by atoms with Crippen LogP contribution in [0.25, 0.3) is 0 Å². The lowest BCUT2D eigenvalue weighted by Crippen LogP contribution is -2.30. The summed E-state index contributed by atoms with van der Waals surface area (Å²) in [6.07, 6.45) is 37.6. The van der Waals surface area contributed by atoms with Gasteiger partial charge in [-0.15, -0.1) is 0 Å². The average molecular weight is 1160 g/mol. The molecule has 0 saturated carbocycles. The predicted molar refractivity (Wildman–Crippen MR) is 308 cm³/mol. The fourth-order valence-electron chi connectivity index (χ4n) is 8.75. The highest BCUT2D eigenvalue weighted by atomic mass is 31.2. The molecule has 0 rings (SSSR count). The molecule has 0 aliphatic heterocycles. The van der Waals surface area contributed by atoms with Crippen LogP contribution in [0.4, 0.5) is 0 Å². The van der Waals surface area contributed by atoms with E-state index in [4.69, 9.17) is 37.0 Å². The van der Waals surface area contributed by atoms with Crippen LogP contribution >= 0.6 is 15.6 Å². The molecule has 17 nitrogen and oxygen atoms in total. The Morgan fingerprint density at radius 1 is 0.308 bits per heavy atom. The van der Waals surface area contributed by atoms with E-state index in [2.05, 4.69) is 27.7 Å². The van der Waals surface area contributed by atoms with Crippen molar-refractivity contribution >= 4 is 39.5 Å². The maximum absolute atomic E-state index is 12.9. The van der Waals surface area contributed by atoms with Crippen LogP contribution < -0.4 is 0 Å². The number of carbonyl (C=O) groups is 4. The first-order valence-electron chi connectivity index (χ1n) is 31.3. The zero-order chi connectivity index (χ0) is 57.6. The molecule has 0 saturated heterocycles. The van der Waals surface area contributed by atoms with Crippen LogP contribution in [0.5, 0.6) is 0 Å². The monoisotopic (exact) mass is 1160 g/mol. The number of aliphatic hydroxyl groups excluding tert-OH is 1. The number of unbranched alkanes of at least 4 members (excludes halogenated alkanes) is 34. The summed E-state index contributed by atoms with van der Waals surface area (Å²) in [5, 5.41) is 10.5. The van der Waals surface area contributed by atoms with Crippen LogP contribution in [0.3, 0.4) is 0 Å². The Morgan fingerprint density at radius 2 is 0.513 bits per heavy atom. The maximum atomic E-state index is 12.9. The van der Waals surface area contributed by atoms with Gasteiger partial charge in [-0.05, 0) is 25.7 Å². The summed E-state index contributed by atoms with van der Waals surface area (Å²) in [6, 6.07) is 0. The minimum atomic E-state index is -4.93. The van der Waals surface area contributed by atoms with Crippen LogP contribution in [0.15, 0.2) is 0 Å². The van der Waals surface area contributed by atoms with E-state index in [0.717, 1.165) is 103 Å². The fourth-order valence-corrected chi connectivity index (χ4v) is 10.3. The Hall–Kier alpha value is -1.94. The van der Waals surface area contributed by atoms with Gasteiger partial charge in [-0.3, -0.25) is 37.3 Å². The molecule has 0 heterocycles. The Morgan fingerprint density at radius 3 is 0.756 bits per heavy atom. The van der Waals surface area contributed by atoms with Gasteiger partial charge in [0.2, 0.25) is 0 Å². The molecule has 462 valence electrons. The van der Waals surface area contributed by atoms with E-state index in [1.165, 1.54) is 116 Å². The molecule has 0 aliphatic carbocycles. The minimum Gasteiger partial charge on any atom is -0.462 e. The quantitative estimate of drug-likeness (QED) is 0.0222. The van der Waals surface area contributed by atoms with E-state index < -0.39 is 97.5 Å². The number of phosphoric ester groups is 2. The Bertz CT molecular complexity index is 1520. The molecule has 5 atom stereocenters. The van der Waals surface area contributed by atoms with Gasteiger partial charge in [0.1, 0.15) is 19.3 Å². The van der Waals surface area contributed by atoms with E-state index in [1.54, 1.807) is 0 Å². The Balaban J connectivity index is 5.19. The number of hydrogen-bond donors (Lipinski definition) is 3. The van der Waals surface area contributed by atoms with Gasteiger partial charge in [-0.1, -0.05) is 246 Å². The summed E-state index contributed by atoms with van der Waals surface area (Å²) in [7, 11) is -9.87. The largest absolute Gasteiger partial charge is 0.472 e. The third kappa shape index (κ3) is 53.4. The smallest absolute Gasteiger partial charge is 0.462 e. The van der Waals surface area contributed by atoms with Crippen LogP contribution in [0.1, 0.15) is 297 Å². The normalized spacial score (nSPS) is 14.3. The molecule has 0 aromatic carbocycles. The van der Waals surface area contributed by atoms with Crippen LogP contribution in [0.2, 0.25) is 0 Å². The third-order valence-corrected chi connectivity index (χ3v) is 15.5. The van der Waals surface area contributed by atoms with Crippen LogP contribution in [0, 0.1) is 0 Å². The lowest BCUT2D eigenvalue weighted by Gasteiger charge is -2.21. The molecular formula is C59H114O17P2. The highest BCUT2D eigenvalue weighted by Crippen LogP contribution is 2.45. The van der Waals surface area contributed by atoms with Gasteiger partial charge in [0, 0.05) is 25.7 Å². The van der Waals surface area contributed by atoms with Crippen molar-refractivity contribution in [3.05, 3.63) is 0 Å². The SMILES string of the molecule is CCCCCCCCCCCCCCC(=O)OC[C@H](COP(=O)(O)OC[C@@H](O)COP(=O)(O)OC[C@@H](COC(=O)CCCCCCCCC)OC(=O)CCCCCCCCCCCC)OC(=O)CCCCCCCCCCC. The standard InChI is InChI=1S/C59H114O17P2/c1-5-9-13-17-21-24-26-27-30-32-36-40-44-57(62)70-50-55(75-58(63)45-41-37-33-28-23-19-15-11-7-3)52-74-78(67,68)72-48-53(60)47-71-77(65,66)73-51-54(49-69-56(61)43-39-35-31-20-16-12-8-4)76-59(64)46-42-38-34-29-25-22-18-14-10-6-2/h53-55,60H,5-52H2,1-4H3,(H,65,66)(H,67,68)/t53-,54+,55+/m0/s1. The van der Waals surface area contributed by atoms with Gasteiger partial charge in [0.25, 0.3) is 0 Å². The molecule has 3 N–H and O–H groups in total. The number of hydrogen-bond acceptors (Lipinski definition) is 15. The molecule has 19 heteroatoms. The fraction of sp³-hybridized carbons (Fsp3) is 0.932. The predicted octanol–water partition coefficient (Wildman–Crippen LogP) is 16.0. The number of carbonyl (C=O) groups excluding carboxylic acids is 4. The molecular weight excluding hydrogens is 1040 g/mol. The van der Waals surface area contributed by atoms with E-state index >= 15 is 0 Å². The van der Waals surface area contributed by atoms with Crippen molar-refractivity contribution < 1.29 is 80.2 Å². The Kier molecular flexibility index (Phi) is 53.0. The molecule has 0 bridgehead atoms. The van der Waals surface area contributed by atoms with Gasteiger partial charge in [-0.25, -0.2) is 9.13 Å². The van der Waals surface area contributed by atoms with E-state index in [1.807, 2.05) is 0 Å². The lowest BCUT2D eigenvalue weighted by molar-refractivity contribution is -0.161.